The maximum atomic E-state index is 11.8. The van der Waals surface area contributed by atoms with E-state index in [0.29, 0.717) is 12.3 Å². The van der Waals surface area contributed by atoms with Crippen LogP contribution in [-0.2, 0) is 4.79 Å². The quantitative estimate of drug-likeness (QED) is 0.914. The van der Waals surface area contributed by atoms with Crippen LogP contribution in [0.25, 0.3) is 0 Å². The second kappa shape index (κ2) is 6.40. The third kappa shape index (κ3) is 3.36. The van der Waals surface area contributed by atoms with Crippen LogP contribution in [0.2, 0.25) is 0 Å². The number of benzene rings is 1. The van der Waals surface area contributed by atoms with E-state index < -0.39 is 0 Å². The molecule has 1 amide bonds. The van der Waals surface area contributed by atoms with Crippen LogP contribution in [-0.4, -0.2) is 22.6 Å². The Morgan fingerprint density at radius 3 is 2.52 bits per heavy atom. The standard InChI is InChI=1S/C17H22N4O2/c1-11(2)16-19-17(23-20-16)12(3)18-13-6-8-14(9-7-13)21-10-4-5-15(21)22/h6-9,11-12,18H,4-5,10H2,1-3H3/t12-/m0/s1. The lowest BCUT2D eigenvalue weighted by molar-refractivity contribution is -0.117. The third-order valence-corrected chi connectivity index (χ3v) is 3.98. The molecule has 1 N–H and O–H groups in total. The summed E-state index contributed by atoms with van der Waals surface area (Å²) in [5.41, 5.74) is 1.91. The Morgan fingerprint density at radius 1 is 1.22 bits per heavy atom. The van der Waals surface area contributed by atoms with Crippen molar-refractivity contribution in [1.82, 2.24) is 10.1 Å². The number of amides is 1. The van der Waals surface area contributed by atoms with Crippen molar-refractivity contribution in [3.8, 4) is 0 Å². The zero-order valence-electron chi connectivity index (χ0n) is 13.7. The van der Waals surface area contributed by atoms with E-state index in [1.54, 1.807) is 0 Å². The van der Waals surface area contributed by atoms with E-state index >= 15 is 0 Å². The van der Waals surface area contributed by atoms with Crippen LogP contribution < -0.4 is 10.2 Å². The molecule has 2 heterocycles. The largest absolute Gasteiger partial charge is 0.374 e. The number of nitrogens with one attached hydrogen (secondary N) is 1. The van der Waals surface area contributed by atoms with Crippen molar-refractivity contribution in [3.05, 3.63) is 36.0 Å². The summed E-state index contributed by atoms with van der Waals surface area (Å²) in [5, 5.41) is 7.32. The average Bonchev–Trinajstić information content (AvgIpc) is 3.17. The molecular weight excluding hydrogens is 292 g/mol. The molecule has 1 aromatic heterocycles. The Labute approximate surface area is 135 Å². The van der Waals surface area contributed by atoms with Gasteiger partial charge in [-0.1, -0.05) is 19.0 Å². The maximum Gasteiger partial charge on any atom is 0.248 e. The second-order valence-electron chi connectivity index (χ2n) is 6.21. The molecule has 1 atom stereocenters. The molecule has 1 aromatic carbocycles. The summed E-state index contributed by atoms with van der Waals surface area (Å²) < 4.78 is 5.30. The van der Waals surface area contributed by atoms with Gasteiger partial charge in [0.1, 0.15) is 6.04 Å². The van der Waals surface area contributed by atoms with Gasteiger partial charge in [-0.05, 0) is 37.6 Å². The predicted octanol–water partition coefficient (Wildman–Crippen LogP) is 3.49. The molecule has 1 aliphatic heterocycles. The van der Waals surface area contributed by atoms with Crippen LogP contribution in [0, 0.1) is 0 Å². The van der Waals surface area contributed by atoms with E-state index in [0.717, 1.165) is 30.2 Å². The van der Waals surface area contributed by atoms with Crippen LogP contribution in [0.15, 0.2) is 28.8 Å². The van der Waals surface area contributed by atoms with E-state index in [1.165, 1.54) is 0 Å². The molecular formula is C17H22N4O2. The van der Waals surface area contributed by atoms with Gasteiger partial charge in [-0.3, -0.25) is 4.79 Å². The molecule has 1 saturated heterocycles. The van der Waals surface area contributed by atoms with E-state index in [4.69, 9.17) is 4.52 Å². The van der Waals surface area contributed by atoms with Gasteiger partial charge in [-0.15, -0.1) is 0 Å². The van der Waals surface area contributed by atoms with Crippen molar-refractivity contribution in [1.29, 1.82) is 0 Å². The summed E-state index contributed by atoms with van der Waals surface area (Å²) in [6.45, 7) is 6.85. The number of carbonyl (C=O) groups excluding carboxylic acids is 1. The first-order valence-corrected chi connectivity index (χ1v) is 8.05. The van der Waals surface area contributed by atoms with Gasteiger partial charge >= 0.3 is 0 Å². The minimum atomic E-state index is -0.0748. The Hall–Kier alpha value is -2.37. The molecule has 0 radical (unpaired) electrons. The summed E-state index contributed by atoms with van der Waals surface area (Å²) >= 11 is 0. The summed E-state index contributed by atoms with van der Waals surface area (Å²) in [6, 6.07) is 7.79. The molecule has 0 bridgehead atoms. The fraction of sp³-hybridized carbons (Fsp3) is 0.471. The highest BCUT2D eigenvalue weighted by atomic mass is 16.5. The number of aromatic nitrogens is 2. The molecule has 23 heavy (non-hydrogen) atoms. The molecule has 0 unspecified atom stereocenters. The predicted molar refractivity (Wildman–Crippen MR) is 88.5 cm³/mol. The van der Waals surface area contributed by atoms with E-state index in [-0.39, 0.29) is 17.9 Å². The molecule has 3 rings (SSSR count). The van der Waals surface area contributed by atoms with Crippen LogP contribution >= 0.6 is 0 Å². The molecule has 1 aliphatic rings. The van der Waals surface area contributed by atoms with Crippen LogP contribution in [0.5, 0.6) is 0 Å². The molecule has 122 valence electrons. The number of hydrogen-bond acceptors (Lipinski definition) is 5. The summed E-state index contributed by atoms with van der Waals surface area (Å²) in [7, 11) is 0. The van der Waals surface area contributed by atoms with E-state index in [9.17, 15) is 4.79 Å². The van der Waals surface area contributed by atoms with Gasteiger partial charge in [0.15, 0.2) is 5.82 Å². The zero-order valence-corrected chi connectivity index (χ0v) is 13.7. The third-order valence-electron chi connectivity index (χ3n) is 3.98. The van der Waals surface area contributed by atoms with Gasteiger partial charge < -0.3 is 14.7 Å². The SMILES string of the molecule is CC(C)c1noc([C@H](C)Nc2ccc(N3CCCC3=O)cc2)n1. The van der Waals surface area contributed by atoms with Gasteiger partial charge in [-0.25, -0.2) is 0 Å². The van der Waals surface area contributed by atoms with Gasteiger partial charge in [0.05, 0.1) is 0 Å². The van der Waals surface area contributed by atoms with Gasteiger partial charge in [-0.2, -0.15) is 4.98 Å². The van der Waals surface area contributed by atoms with Crippen molar-refractivity contribution in [2.75, 3.05) is 16.8 Å². The van der Waals surface area contributed by atoms with Crippen molar-refractivity contribution >= 4 is 17.3 Å². The monoisotopic (exact) mass is 314 g/mol. The lowest BCUT2D eigenvalue weighted by atomic mass is 10.2. The van der Waals surface area contributed by atoms with Crippen molar-refractivity contribution in [2.24, 2.45) is 0 Å². The molecule has 0 aliphatic carbocycles. The fourth-order valence-corrected chi connectivity index (χ4v) is 2.63. The fourth-order valence-electron chi connectivity index (χ4n) is 2.63. The zero-order chi connectivity index (χ0) is 16.4. The number of hydrogen-bond donors (Lipinski definition) is 1. The normalized spacial score (nSPS) is 16.2. The van der Waals surface area contributed by atoms with Crippen LogP contribution in [0.4, 0.5) is 11.4 Å². The van der Waals surface area contributed by atoms with Gasteiger partial charge in [0.2, 0.25) is 11.8 Å². The molecule has 0 spiro atoms. The highest BCUT2D eigenvalue weighted by Gasteiger charge is 2.21. The van der Waals surface area contributed by atoms with Crippen LogP contribution in [0.1, 0.15) is 57.3 Å². The minimum absolute atomic E-state index is 0.0748. The Balaban J connectivity index is 1.66. The lowest BCUT2D eigenvalue weighted by Gasteiger charge is -2.17. The molecule has 1 fully saturated rings. The first-order valence-electron chi connectivity index (χ1n) is 8.05. The maximum absolute atomic E-state index is 11.8. The topological polar surface area (TPSA) is 71.3 Å². The first-order chi connectivity index (χ1) is 11.0. The summed E-state index contributed by atoms with van der Waals surface area (Å²) in [6.07, 6.45) is 1.58. The van der Waals surface area contributed by atoms with Crippen molar-refractivity contribution in [3.63, 3.8) is 0 Å². The molecule has 2 aromatic rings. The number of rotatable bonds is 5. The minimum Gasteiger partial charge on any atom is -0.374 e. The van der Waals surface area contributed by atoms with E-state index in [1.807, 2.05) is 49.9 Å². The summed E-state index contributed by atoms with van der Waals surface area (Å²) in [5.74, 6) is 1.74. The molecule has 6 nitrogen and oxygen atoms in total. The number of nitrogens with zero attached hydrogens (tertiary/aromatic N) is 3. The second-order valence-corrected chi connectivity index (χ2v) is 6.21. The van der Waals surface area contributed by atoms with Crippen molar-refractivity contribution in [2.45, 2.75) is 45.6 Å². The molecule has 0 saturated carbocycles. The first kappa shape index (κ1) is 15.5. The average molecular weight is 314 g/mol. The Bertz CT molecular complexity index is 678. The number of carbonyl (C=O) groups is 1. The lowest BCUT2D eigenvalue weighted by Crippen LogP contribution is -2.23. The highest BCUT2D eigenvalue weighted by molar-refractivity contribution is 5.95. The Morgan fingerprint density at radius 2 is 1.96 bits per heavy atom. The highest BCUT2D eigenvalue weighted by Crippen LogP contribution is 2.25. The van der Waals surface area contributed by atoms with Gasteiger partial charge in [0.25, 0.3) is 0 Å². The smallest absolute Gasteiger partial charge is 0.248 e. The van der Waals surface area contributed by atoms with Crippen LogP contribution in [0.3, 0.4) is 0 Å². The number of anilines is 2. The summed E-state index contributed by atoms with van der Waals surface area (Å²) in [4.78, 5) is 18.0. The van der Waals surface area contributed by atoms with Gasteiger partial charge in [0, 0.05) is 30.3 Å². The van der Waals surface area contributed by atoms with Crippen molar-refractivity contribution < 1.29 is 9.32 Å². The Kier molecular flexibility index (Phi) is 4.32. The van der Waals surface area contributed by atoms with E-state index in [2.05, 4.69) is 15.5 Å². The molecule has 6 heteroatoms.